The molecule has 0 unspecified atom stereocenters. The van der Waals surface area contributed by atoms with E-state index in [4.69, 9.17) is 16.4 Å². The number of nitriles is 1. The molecule has 3 rings (SSSR count). The number of hydrogen-bond acceptors (Lipinski definition) is 5. The van der Waals surface area contributed by atoms with Crippen LogP contribution in [0.1, 0.15) is 5.56 Å². The predicted molar refractivity (Wildman–Crippen MR) is 93.9 cm³/mol. The summed E-state index contributed by atoms with van der Waals surface area (Å²) < 4.78 is 1.92. The number of rotatable bonds is 5. The normalized spacial score (nSPS) is 11.2. The van der Waals surface area contributed by atoms with Gasteiger partial charge in [0.05, 0.1) is 23.9 Å². The SMILES string of the molecule is N#C/C(=N\Nc1ccc2c(cnn2Cc2ccccc2)c1)C(=N)N. The van der Waals surface area contributed by atoms with Crippen molar-refractivity contribution in [3.8, 4) is 6.07 Å². The van der Waals surface area contributed by atoms with Gasteiger partial charge in [-0.2, -0.15) is 15.5 Å². The summed E-state index contributed by atoms with van der Waals surface area (Å²) in [6.45, 7) is 0.693. The predicted octanol–water partition coefficient (Wildman–Crippen LogP) is 2.31. The molecule has 7 nitrogen and oxygen atoms in total. The summed E-state index contributed by atoms with van der Waals surface area (Å²) in [4.78, 5) is 0. The van der Waals surface area contributed by atoms with E-state index in [1.165, 1.54) is 5.56 Å². The summed E-state index contributed by atoms with van der Waals surface area (Å²) in [6, 6.07) is 17.5. The summed E-state index contributed by atoms with van der Waals surface area (Å²) >= 11 is 0. The van der Waals surface area contributed by atoms with E-state index < -0.39 is 0 Å². The third-order valence-corrected chi connectivity index (χ3v) is 3.47. The number of hydrogen-bond donors (Lipinski definition) is 3. The zero-order valence-corrected chi connectivity index (χ0v) is 12.8. The smallest absolute Gasteiger partial charge is 0.201 e. The fourth-order valence-electron chi connectivity index (χ4n) is 2.30. The standard InChI is InChI=1S/C17H15N7/c18-9-15(17(19)20)23-22-14-6-7-16-13(8-14)10-21-24(16)11-12-4-2-1-3-5-12/h1-8,10,22H,11H2,(H3,19,20)/b23-15+. The summed E-state index contributed by atoms with van der Waals surface area (Å²) in [7, 11) is 0. The van der Waals surface area contributed by atoms with Crippen molar-refractivity contribution in [1.29, 1.82) is 10.7 Å². The minimum atomic E-state index is -0.373. The monoisotopic (exact) mass is 317 g/mol. The van der Waals surface area contributed by atoms with Crippen molar-refractivity contribution in [3.05, 3.63) is 60.3 Å². The Morgan fingerprint density at radius 2 is 2.08 bits per heavy atom. The molecule has 3 aromatic rings. The number of nitrogens with zero attached hydrogens (tertiary/aromatic N) is 4. The van der Waals surface area contributed by atoms with Gasteiger partial charge < -0.3 is 5.73 Å². The molecule has 0 spiro atoms. The molecule has 4 N–H and O–H groups in total. The lowest BCUT2D eigenvalue weighted by molar-refractivity contribution is 0.712. The van der Waals surface area contributed by atoms with Crippen LogP contribution in [0.5, 0.6) is 0 Å². The van der Waals surface area contributed by atoms with Gasteiger partial charge in [0.1, 0.15) is 6.07 Å². The van der Waals surface area contributed by atoms with E-state index in [0.717, 1.165) is 10.9 Å². The third kappa shape index (κ3) is 3.23. The Balaban J connectivity index is 1.83. The second-order valence-electron chi connectivity index (χ2n) is 5.16. The van der Waals surface area contributed by atoms with Gasteiger partial charge in [-0.15, -0.1) is 0 Å². The first kappa shape index (κ1) is 15.2. The number of nitrogens with two attached hydrogens (primary N) is 1. The summed E-state index contributed by atoms with van der Waals surface area (Å²) in [5, 5.41) is 25.3. The first-order valence-electron chi connectivity index (χ1n) is 7.25. The molecule has 7 heteroatoms. The number of amidine groups is 1. The van der Waals surface area contributed by atoms with Gasteiger partial charge in [0.2, 0.25) is 5.71 Å². The number of aromatic nitrogens is 2. The van der Waals surface area contributed by atoms with E-state index in [1.807, 2.05) is 41.1 Å². The van der Waals surface area contributed by atoms with Crippen molar-refractivity contribution >= 4 is 28.1 Å². The van der Waals surface area contributed by atoms with Gasteiger partial charge in [-0.3, -0.25) is 15.5 Å². The molecule has 0 saturated carbocycles. The fraction of sp³-hybridized carbons (Fsp3) is 0.0588. The number of fused-ring (bicyclic) bond motifs is 1. The van der Waals surface area contributed by atoms with E-state index in [9.17, 15) is 0 Å². The second kappa shape index (κ2) is 6.62. The second-order valence-corrected chi connectivity index (χ2v) is 5.16. The van der Waals surface area contributed by atoms with Crippen LogP contribution in [-0.2, 0) is 6.54 Å². The van der Waals surface area contributed by atoms with Crippen molar-refractivity contribution in [2.75, 3.05) is 5.43 Å². The highest BCUT2D eigenvalue weighted by Gasteiger charge is 2.05. The molecule has 0 aliphatic heterocycles. The highest BCUT2D eigenvalue weighted by atomic mass is 15.3. The van der Waals surface area contributed by atoms with Crippen molar-refractivity contribution in [2.24, 2.45) is 10.8 Å². The van der Waals surface area contributed by atoms with Crippen LogP contribution >= 0.6 is 0 Å². The first-order chi connectivity index (χ1) is 11.7. The van der Waals surface area contributed by atoms with Crippen LogP contribution < -0.4 is 11.2 Å². The molecule has 0 radical (unpaired) electrons. The van der Waals surface area contributed by atoms with E-state index in [2.05, 4.69) is 27.8 Å². The summed E-state index contributed by atoms with van der Waals surface area (Å²) in [6.07, 6.45) is 1.78. The first-order valence-corrected chi connectivity index (χ1v) is 7.25. The number of anilines is 1. The Labute approximate surface area is 138 Å². The van der Waals surface area contributed by atoms with E-state index in [0.29, 0.717) is 12.2 Å². The van der Waals surface area contributed by atoms with Crippen LogP contribution in [0.4, 0.5) is 5.69 Å². The molecule has 1 aromatic heterocycles. The Morgan fingerprint density at radius 3 is 2.79 bits per heavy atom. The highest BCUT2D eigenvalue weighted by molar-refractivity contribution is 6.45. The average Bonchev–Trinajstić information content (AvgIpc) is 2.98. The Hall–Kier alpha value is -3.66. The lowest BCUT2D eigenvalue weighted by Gasteiger charge is -2.05. The molecule has 2 aromatic carbocycles. The lowest BCUT2D eigenvalue weighted by atomic mass is 10.2. The van der Waals surface area contributed by atoms with Crippen LogP contribution in [-0.4, -0.2) is 21.3 Å². The van der Waals surface area contributed by atoms with Gasteiger partial charge in [-0.1, -0.05) is 30.3 Å². The Bertz CT molecular complexity index is 948. The van der Waals surface area contributed by atoms with Crippen LogP contribution in [0, 0.1) is 16.7 Å². The van der Waals surface area contributed by atoms with E-state index >= 15 is 0 Å². The minimum absolute atomic E-state index is 0.158. The topological polar surface area (TPSA) is 116 Å². The molecular weight excluding hydrogens is 302 g/mol. The molecule has 0 aliphatic carbocycles. The number of nitrogens with one attached hydrogen (secondary N) is 2. The van der Waals surface area contributed by atoms with Gasteiger partial charge >= 0.3 is 0 Å². The van der Waals surface area contributed by atoms with Crippen molar-refractivity contribution < 1.29 is 0 Å². The van der Waals surface area contributed by atoms with Crippen molar-refractivity contribution in [1.82, 2.24) is 9.78 Å². The number of hydrazone groups is 1. The van der Waals surface area contributed by atoms with Gasteiger partial charge in [-0.25, -0.2) is 0 Å². The van der Waals surface area contributed by atoms with Gasteiger partial charge in [-0.05, 0) is 23.8 Å². The third-order valence-electron chi connectivity index (χ3n) is 3.47. The molecular formula is C17H15N7. The quantitative estimate of drug-likeness (QED) is 0.380. The molecule has 24 heavy (non-hydrogen) atoms. The van der Waals surface area contributed by atoms with Gasteiger partial charge in [0.15, 0.2) is 5.84 Å². The molecule has 0 aliphatic rings. The molecule has 0 saturated heterocycles. The maximum atomic E-state index is 8.83. The maximum Gasteiger partial charge on any atom is 0.201 e. The molecule has 118 valence electrons. The Morgan fingerprint density at radius 1 is 1.29 bits per heavy atom. The minimum Gasteiger partial charge on any atom is -0.382 e. The molecule has 0 fully saturated rings. The van der Waals surface area contributed by atoms with Crippen LogP contribution in [0.15, 0.2) is 59.8 Å². The van der Waals surface area contributed by atoms with Crippen molar-refractivity contribution in [3.63, 3.8) is 0 Å². The summed E-state index contributed by atoms with van der Waals surface area (Å²) in [5.74, 6) is -0.373. The van der Waals surface area contributed by atoms with Crippen LogP contribution in [0.25, 0.3) is 10.9 Å². The molecule has 0 amide bonds. The zero-order chi connectivity index (χ0) is 16.9. The largest absolute Gasteiger partial charge is 0.382 e. The van der Waals surface area contributed by atoms with Crippen LogP contribution in [0.3, 0.4) is 0 Å². The molecule has 1 heterocycles. The lowest BCUT2D eigenvalue weighted by Crippen LogP contribution is -2.21. The van der Waals surface area contributed by atoms with E-state index in [-0.39, 0.29) is 11.5 Å². The molecule has 0 bridgehead atoms. The van der Waals surface area contributed by atoms with Gasteiger partial charge in [0.25, 0.3) is 0 Å². The molecule has 0 atom stereocenters. The zero-order valence-electron chi connectivity index (χ0n) is 12.8. The van der Waals surface area contributed by atoms with Crippen molar-refractivity contribution in [2.45, 2.75) is 6.54 Å². The number of benzene rings is 2. The Kier molecular flexibility index (Phi) is 4.21. The summed E-state index contributed by atoms with van der Waals surface area (Å²) in [5.41, 5.74) is 10.7. The average molecular weight is 317 g/mol. The fourth-order valence-corrected chi connectivity index (χ4v) is 2.30. The van der Waals surface area contributed by atoms with Gasteiger partial charge in [0, 0.05) is 5.39 Å². The van der Waals surface area contributed by atoms with Crippen LogP contribution in [0.2, 0.25) is 0 Å². The van der Waals surface area contributed by atoms with E-state index in [1.54, 1.807) is 12.3 Å². The highest BCUT2D eigenvalue weighted by Crippen LogP contribution is 2.20. The maximum absolute atomic E-state index is 8.83.